The van der Waals surface area contributed by atoms with Gasteiger partial charge in [0.15, 0.2) is 0 Å². The van der Waals surface area contributed by atoms with Crippen molar-refractivity contribution in [3.05, 3.63) is 0 Å². The van der Waals surface area contributed by atoms with Gasteiger partial charge in [0.1, 0.15) is 0 Å². The number of carbonyl (C=O) groups is 1. The van der Waals surface area contributed by atoms with Crippen molar-refractivity contribution in [3.63, 3.8) is 0 Å². The fraction of sp³-hybridized carbons (Fsp3) is 0.929. The molecule has 0 aromatic rings. The summed E-state index contributed by atoms with van der Waals surface area (Å²) in [5, 5.41) is 0. The van der Waals surface area contributed by atoms with E-state index in [2.05, 4.69) is 18.7 Å². The first kappa shape index (κ1) is 15.4. The first-order valence-electron chi connectivity index (χ1n) is 7.06. The Balaban J connectivity index is 2.50. The third kappa shape index (κ3) is 3.95. The molecule has 0 aromatic heterocycles. The molecule has 1 heterocycles. The first-order valence-corrected chi connectivity index (χ1v) is 7.06. The van der Waals surface area contributed by atoms with E-state index in [1.54, 1.807) is 19.0 Å². The number of hydrogen-bond acceptors (Lipinski definition) is 3. The summed E-state index contributed by atoms with van der Waals surface area (Å²) in [7, 11) is 3.61. The molecule has 18 heavy (non-hydrogen) atoms. The van der Waals surface area contributed by atoms with Crippen molar-refractivity contribution in [2.75, 3.05) is 33.7 Å². The van der Waals surface area contributed by atoms with Gasteiger partial charge < -0.3 is 10.6 Å². The minimum absolute atomic E-state index is 0.175. The normalized spacial score (nSPS) is 21.6. The number of piperidine rings is 1. The fourth-order valence-electron chi connectivity index (χ4n) is 2.53. The van der Waals surface area contributed by atoms with Crippen LogP contribution >= 0.6 is 0 Å². The number of amides is 1. The molecular formula is C14H29N3O. The number of nitrogens with zero attached hydrogens (tertiary/aromatic N) is 2. The van der Waals surface area contributed by atoms with Crippen molar-refractivity contribution in [1.82, 2.24) is 9.80 Å². The van der Waals surface area contributed by atoms with Gasteiger partial charge in [-0.1, -0.05) is 20.3 Å². The van der Waals surface area contributed by atoms with Crippen LogP contribution < -0.4 is 5.73 Å². The van der Waals surface area contributed by atoms with Crippen molar-refractivity contribution in [3.8, 4) is 0 Å². The first-order chi connectivity index (χ1) is 8.41. The van der Waals surface area contributed by atoms with Crippen LogP contribution in [-0.4, -0.2) is 55.5 Å². The quantitative estimate of drug-likeness (QED) is 0.805. The molecule has 1 fully saturated rings. The lowest BCUT2D eigenvalue weighted by molar-refractivity contribution is -0.130. The molecule has 0 spiro atoms. The maximum Gasteiger partial charge on any atom is 0.223 e. The van der Waals surface area contributed by atoms with Gasteiger partial charge in [0, 0.05) is 33.1 Å². The second kappa shape index (κ2) is 6.53. The average molecular weight is 255 g/mol. The highest BCUT2D eigenvalue weighted by Crippen LogP contribution is 2.34. The lowest BCUT2D eigenvalue weighted by atomic mass is 9.78. The van der Waals surface area contributed by atoms with Gasteiger partial charge in [-0.3, -0.25) is 9.69 Å². The molecule has 0 bridgehead atoms. The Morgan fingerprint density at radius 1 is 1.39 bits per heavy atom. The Kier molecular flexibility index (Phi) is 5.60. The van der Waals surface area contributed by atoms with E-state index in [0.29, 0.717) is 18.4 Å². The number of likely N-dealkylation sites (tertiary alicyclic amines) is 1. The van der Waals surface area contributed by atoms with Gasteiger partial charge in [-0.05, 0) is 31.3 Å². The van der Waals surface area contributed by atoms with Crippen LogP contribution in [-0.2, 0) is 4.79 Å². The smallest absolute Gasteiger partial charge is 0.223 e. The van der Waals surface area contributed by atoms with Gasteiger partial charge in [0.05, 0.1) is 0 Å². The van der Waals surface area contributed by atoms with E-state index >= 15 is 0 Å². The Labute approximate surface area is 111 Å². The maximum absolute atomic E-state index is 11.8. The Morgan fingerprint density at radius 3 is 2.33 bits per heavy atom. The van der Waals surface area contributed by atoms with E-state index in [9.17, 15) is 4.79 Å². The molecule has 4 heteroatoms. The van der Waals surface area contributed by atoms with Crippen LogP contribution in [0.1, 0.15) is 39.5 Å². The van der Waals surface area contributed by atoms with Crippen molar-refractivity contribution in [2.45, 2.75) is 45.6 Å². The van der Waals surface area contributed by atoms with Crippen LogP contribution in [0.5, 0.6) is 0 Å². The number of carbonyl (C=O) groups excluding carboxylic acids is 1. The standard InChI is InChI=1S/C14H29N3O/c1-5-14(2)6-8-17(9-7-14)12(11-15)10-13(18)16(3)4/h12H,5-11,15H2,1-4H3. The van der Waals surface area contributed by atoms with Gasteiger partial charge in [-0.2, -0.15) is 0 Å². The highest BCUT2D eigenvalue weighted by Gasteiger charge is 2.31. The van der Waals surface area contributed by atoms with Crippen molar-refractivity contribution < 1.29 is 4.79 Å². The number of hydrogen-bond donors (Lipinski definition) is 1. The van der Waals surface area contributed by atoms with Crippen molar-refractivity contribution in [1.29, 1.82) is 0 Å². The lowest BCUT2D eigenvalue weighted by Gasteiger charge is -2.42. The molecule has 1 unspecified atom stereocenters. The third-order valence-corrected chi connectivity index (χ3v) is 4.56. The average Bonchev–Trinajstić information content (AvgIpc) is 2.36. The van der Waals surface area contributed by atoms with Crippen LogP contribution in [0.2, 0.25) is 0 Å². The predicted octanol–water partition coefficient (Wildman–Crippen LogP) is 1.30. The minimum atomic E-state index is 0.175. The van der Waals surface area contributed by atoms with Gasteiger partial charge in [0.25, 0.3) is 0 Å². The molecule has 106 valence electrons. The summed E-state index contributed by atoms with van der Waals surface area (Å²) in [5.41, 5.74) is 6.33. The molecule has 1 rings (SSSR count). The summed E-state index contributed by atoms with van der Waals surface area (Å²) in [6.07, 6.45) is 4.23. The van der Waals surface area contributed by atoms with Crippen molar-refractivity contribution in [2.24, 2.45) is 11.1 Å². The summed E-state index contributed by atoms with van der Waals surface area (Å²) < 4.78 is 0. The molecule has 4 nitrogen and oxygen atoms in total. The van der Waals surface area contributed by atoms with Crippen LogP contribution in [0.3, 0.4) is 0 Å². The Bertz CT molecular complexity index is 270. The Morgan fingerprint density at radius 2 is 1.94 bits per heavy atom. The third-order valence-electron chi connectivity index (χ3n) is 4.56. The van der Waals surface area contributed by atoms with Gasteiger partial charge in [0.2, 0.25) is 5.91 Å². The topological polar surface area (TPSA) is 49.6 Å². The summed E-state index contributed by atoms with van der Waals surface area (Å²) >= 11 is 0. The van der Waals surface area contributed by atoms with E-state index < -0.39 is 0 Å². The minimum Gasteiger partial charge on any atom is -0.349 e. The van der Waals surface area contributed by atoms with Crippen LogP contribution in [0.4, 0.5) is 0 Å². The number of rotatable bonds is 5. The second-order valence-electron chi connectivity index (χ2n) is 6.08. The van der Waals surface area contributed by atoms with Crippen LogP contribution in [0.15, 0.2) is 0 Å². The molecule has 1 aliphatic heterocycles. The predicted molar refractivity (Wildman–Crippen MR) is 75.4 cm³/mol. The highest BCUT2D eigenvalue weighted by molar-refractivity contribution is 5.76. The zero-order chi connectivity index (χ0) is 13.8. The van der Waals surface area contributed by atoms with E-state index in [4.69, 9.17) is 5.73 Å². The lowest BCUT2D eigenvalue weighted by Crippen LogP contribution is -2.49. The molecule has 0 radical (unpaired) electrons. The molecular weight excluding hydrogens is 226 g/mol. The van der Waals surface area contributed by atoms with Crippen molar-refractivity contribution >= 4 is 5.91 Å². The molecule has 1 saturated heterocycles. The summed E-state index contributed by atoms with van der Waals surface area (Å²) in [6, 6.07) is 0.210. The van der Waals surface area contributed by atoms with Gasteiger partial charge in [-0.25, -0.2) is 0 Å². The van der Waals surface area contributed by atoms with E-state index in [-0.39, 0.29) is 11.9 Å². The second-order valence-corrected chi connectivity index (χ2v) is 6.08. The zero-order valence-electron chi connectivity index (χ0n) is 12.4. The molecule has 0 aromatic carbocycles. The summed E-state index contributed by atoms with van der Waals surface area (Å²) in [6.45, 7) is 7.36. The molecule has 0 saturated carbocycles. The monoisotopic (exact) mass is 255 g/mol. The molecule has 1 aliphatic rings. The van der Waals surface area contributed by atoms with E-state index in [0.717, 1.165) is 13.1 Å². The van der Waals surface area contributed by atoms with Gasteiger partial charge in [-0.15, -0.1) is 0 Å². The van der Waals surface area contributed by atoms with E-state index in [1.807, 2.05) is 0 Å². The number of nitrogens with two attached hydrogens (primary N) is 1. The van der Waals surface area contributed by atoms with Crippen LogP contribution in [0.25, 0.3) is 0 Å². The molecule has 1 atom stereocenters. The van der Waals surface area contributed by atoms with Gasteiger partial charge >= 0.3 is 0 Å². The van der Waals surface area contributed by atoms with Crippen LogP contribution in [0, 0.1) is 5.41 Å². The summed E-state index contributed by atoms with van der Waals surface area (Å²) in [4.78, 5) is 15.8. The van der Waals surface area contributed by atoms with E-state index in [1.165, 1.54) is 19.3 Å². The fourth-order valence-corrected chi connectivity index (χ4v) is 2.53. The maximum atomic E-state index is 11.8. The zero-order valence-corrected chi connectivity index (χ0v) is 12.4. The SMILES string of the molecule is CCC1(C)CCN(C(CN)CC(=O)N(C)C)CC1. The molecule has 1 amide bonds. The molecule has 0 aliphatic carbocycles. The highest BCUT2D eigenvalue weighted by atomic mass is 16.2. The largest absolute Gasteiger partial charge is 0.349 e. The Hall–Kier alpha value is -0.610. The molecule has 2 N–H and O–H groups in total. The summed E-state index contributed by atoms with van der Waals surface area (Å²) in [5.74, 6) is 0.175.